The quantitative estimate of drug-likeness (QED) is 0.642. The Labute approximate surface area is 201 Å². The van der Waals surface area contributed by atoms with Crippen LogP contribution in [-0.4, -0.2) is 56.1 Å². The second-order valence-electron chi connectivity index (χ2n) is 9.24. The van der Waals surface area contributed by atoms with E-state index in [2.05, 4.69) is 10.5 Å². The first-order chi connectivity index (χ1) is 16.3. The lowest BCUT2D eigenvalue weighted by Gasteiger charge is -2.31. The molecule has 9 heteroatoms. The minimum Gasteiger partial charge on any atom is -0.376 e. The summed E-state index contributed by atoms with van der Waals surface area (Å²) in [4.78, 5) is 12.8. The van der Waals surface area contributed by atoms with Crippen LogP contribution in [-0.2, 0) is 19.6 Å². The van der Waals surface area contributed by atoms with Crippen LogP contribution >= 0.6 is 0 Å². The lowest BCUT2D eigenvalue weighted by atomic mass is 9.99. The van der Waals surface area contributed by atoms with Crippen LogP contribution < -0.4 is 5.32 Å². The Balaban J connectivity index is 1.50. The van der Waals surface area contributed by atoms with E-state index in [1.165, 1.54) is 4.31 Å². The van der Waals surface area contributed by atoms with Crippen LogP contribution in [0.25, 0.3) is 12.2 Å². The Hall–Kier alpha value is -2.49. The zero-order valence-electron chi connectivity index (χ0n) is 20.0. The second-order valence-corrected chi connectivity index (χ2v) is 11.1. The first kappa shape index (κ1) is 24.6. The Bertz CT molecular complexity index is 1170. The number of ether oxygens (including phenoxy) is 1. The number of amides is 1. The van der Waals surface area contributed by atoms with Crippen LogP contribution in [0.5, 0.6) is 0 Å². The van der Waals surface area contributed by atoms with Crippen molar-refractivity contribution in [2.24, 2.45) is 5.92 Å². The van der Waals surface area contributed by atoms with E-state index in [4.69, 9.17) is 9.26 Å². The lowest BCUT2D eigenvalue weighted by Crippen LogP contribution is -2.46. The number of rotatable bonds is 7. The van der Waals surface area contributed by atoms with Crippen molar-refractivity contribution in [3.05, 3.63) is 46.3 Å². The van der Waals surface area contributed by atoms with Gasteiger partial charge in [0.05, 0.1) is 12.0 Å². The number of carbonyl (C=O) groups is 1. The average molecular weight is 488 g/mol. The predicted molar refractivity (Wildman–Crippen MR) is 130 cm³/mol. The number of aryl methyl sites for hydroxylation is 3. The molecular formula is C25H33N3O5S. The van der Waals surface area contributed by atoms with Crippen molar-refractivity contribution in [2.75, 3.05) is 26.2 Å². The maximum Gasteiger partial charge on any atom is 0.248 e. The van der Waals surface area contributed by atoms with Crippen molar-refractivity contribution in [3.63, 3.8) is 0 Å². The minimum atomic E-state index is -3.88. The third-order valence-electron chi connectivity index (χ3n) is 6.56. The van der Waals surface area contributed by atoms with Gasteiger partial charge >= 0.3 is 0 Å². The molecule has 34 heavy (non-hydrogen) atoms. The molecule has 2 aliphatic rings. The topological polar surface area (TPSA) is 102 Å². The number of carbonyl (C=O) groups excluding carboxylic acids is 1. The van der Waals surface area contributed by atoms with Gasteiger partial charge in [-0.15, -0.1) is 0 Å². The predicted octanol–water partition coefficient (Wildman–Crippen LogP) is 3.47. The fourth-order valence-corrected chi connectivity index (χ4v) is 6.35. The summed E-state index contributed by atoms with van der Waals surface area (Å²) in [7, 11) is -3.88. The monoisotopic (exact) mass is 487 g/mol. The molecule has 1 aromatic heterocycles. The number of nitrogens with one attached hydrogen (secondary N) is 1. The summed E-state index contributed by atoms with van der Waals surface area (Å²) >= 11 is 0. The lowest BCUT2D eigenvalue weighted by molar-refractivity contribution is -0.126. The fourth-order valence-electron chi connectivity index (χ4n) is 4.57. The molecule has 2 saturated heterocycles. The highest BCUT2D eigenvalue weighted by molar-refractivity contribution is 7.89. The van der Waals surface area contributed by atoms with Gasteiger partial charge in [0.1, 0.15) is 5.69 Å². The Morgan fingerprint density at radius 2 is 2.03 bits per heavy atom. The molecule has 0 unspecified atom stereocenters. The minimum absolute atomic E-state index is 0.0541. The van der Waals surface area contributed by atoms with E-state index in [-0.39, 0.29) is 35.1 Å². The second kappa shape index (κ2) is 10.4. The zero-order chi connectivity index (χ0) is 24.3. The van der Waals surface area contributed by atoms with Gasteiger partial charge in [-0.2, -0.15) is 4.31 Å². The van der Waals surface area contributed by atoms with Crippen molar-refractivity contribution in [1.29, 1.82) is 0 Å². The number of hydrogen-bond donors (Lipinski definition) is 1. The van der Waals surface area contributed by atoms with Gasteiger partial charge in [-0.05, 0) is 63.7 Å². The van der Waals surface area contributed by atoms with Gasteiger partial charge in [0, 0.05) is 26.2 Å². The van der Waals surface area contributed by atoms with E-state index >= 15 is 0 Å². The molecule has 1 amide bonds. The molecule has 0 spiro atoms. The Kier molecular flexibility index (Phi) is 7.54. The summed E-state index contributed by atoms with van der Waals surface area (Å²) in [5, 5.41) is 6.88. The molecule has 1 N–H and O–H groups in total. The Morgan fingerprint density at radius 1 is 1.21 bits per heavy atom. The van der Waals surface area contributed by atoms with E-state index in [1.807, 2.05) is 38.1 Å². The van der Waals surface area contributed by atoms with Crippen molar-refractivity contribution >= 4 is 28.1 Å². The first-order valence-corrected chi connectivity index (χ1v) is 13.3. The third-order valence-corrected chi connectivity index (χ3v) is 8.59. The highest BCUT2D eigenvalue weighted by Crippen LogP contribution is 2.29. The summed E-state index contributed by atoms with van der Waals surface area (Å²) in [6, 6.07) is 6.09. The third kappa shape index (κ3) is 5.42. The van der Waals surface area contributed by atoms with Gasteiger partial charge in [0.2, 0.25) is 15.9 Å². The van der Waals surface area contributed by atoms with Gasteiger partial charge in [-0.3, -0.25) is 4.79 Å². The van der Waals surface area contributed by atoms with Gasteiger partial charge in [0.25, 0.3) is 0 Å². The number of hydrogen-bond acceptors (Lipinski definition) is 6. The van der Waals surface area contributed by atoms with Crippen molar-refractivity contribution in [3.8, 4) is 0 Å². The maximum atomic E-state index is 13.6. The number of benzene rings is 1. The van der Waals surface area contributed by atoms with Crippen molar-refractivity contribution < 1.29 is 22.5 Å². The summed E-state index contributed by atoms with van der Waals surface area (Å²) in [5.74, 6) is -0.310. The highest BCUT2D eigenvalue weighted by Gasteiger charge is 2.37. The molecule has 2 aromatic rings. The first-order valence-electron chi connectivity index (χ1n) is 11.9. The van der Waals surface area contributed by atoms with Gasteiger partial charge < -0.3 is 14.6 Å². The van der Waals surface area contributed by atoms with Gasteiger partial charge in [0.15, 0.2) is 10.7 Å². The van der Waals surface area contributed by atoms with E-state index < -0.39 is 10.0 Å². The van der Waals surface area contributed by atoms with Crippen LogP contribution in [0, 0.1) is 26.7 Å². The van der Waals surface area contributed by atoms with Gasteiger partial charge in [-0.1, -0.05) is 35.0 Å². The number of piperidine rings is 1. The largest absolute Gasteiger partial charge is 0.376 e. The van der Waals surface area contributed by atoms with E-state index in [0.29, 0.717) is 31.6 Å². The van der Waals surface area contributed by atoms with E-state index in [1.54, 1.807) is 13.0 Å². The number of sulfonamides is 1. The molecule has 0 radical (unpaired) electrons. The van der Waals surface area contributed by atoms with Crippen molar-refractivity contribution in [2.45, 2.75) is 57.5 Å². The molecule has 2 fully saturated rings. The fraction of sp³-hybridized carbons (Fsp3) is 0.520. The molecule has 1 aromatic carbocycles. The molecule has 184 valence electrons. The van der Waals surface area contributed by atoms with Crippen LogP contribution in [0.4, 0.5) is 0 Å². The summed E-state index contributed by atoms with van der Waals surface area (Å²) in [6.07, 6.45) is 6.79. The smallest absolute Gasteiger partial charge is 0.248 e. The average Bonchev–Trinajstić information content (AvgIpc) is 3.48. The Morgan fingerprint density at radius 3 is 2.79 bits per heavy atom. The SMILES string of the molecule is Cc1ccc(C)c(/C=C/c2onc(C)c2S(=O)(=O)N2CCC[C@@H](C(=O)NC[C@@H]3CCCO3)C2)c1. The molecule has 0 saturated carbocycles. The van der Waals surface area contributed by atoms with Crippen LogP contribution in [0.1, 0.15) is 53.8 Å². The summed E-state index contributed by atoms with van der Waals surface area (Å²) < 4.78 is 39.5. The van der Waals surface area contributed by atoms with Crippen LogP contribution in [0.3, 0.4) is 0 Å². The number of nitrogens with zero attached hydrogens (tertiary/aromatic N) is 2. The van der Waals surface area contributed by atoms with Crippen molar-refractivity contribution in [1.82, 2.24) is 14.8 Å². The molecule has 4 rings (SSSR count). The molecule has 8 nitrogen and oxygen atoms in total. The number of aromatic nitrogens is 1. The van der Waals surface area contributed by atoms with E-state index in [9.17, 15) is 13.2 Å². The maximum absolute atomic E-state index is 13.6. The summed E-state index contributed by atoms with van der Waals surface area (Å²) in [5.41, 5.74) is 3.49. The molecule has 0 aliphatic carbocycles. The zero-order valence-corrected chi connectivity index (χ0v) is 20.9. The molecule has 0 bridgehead atoms. The standard InChI is InChI=1S/C25H33N3O5S/c1-17-8-9-18(2)20(14-17)10-11-23-24(19(3)27-33-23)34(30,31)28-12-4-6-21(16-28)25(29)26-15-22-7-5-13-32-22/h8-11,14,21-22H,4-7,12-13,15-16H2,1-3H3,(H,26,29)/b11-10+/t21-,22+/m1/s1. The van der Waals surface area contributed by atoms with Gasteiger partial charge in [-0.25, -0.2) is 8.42 Å². The molecular weight excluding hydrogens is 454 g/mol. The van der Waals surface area contributed by atoms with E-state index in [0.717, 1.165) is 36.1 Å². The highest BCUT2D eigenvalue weighted by atomic mass is 32.2. The normalized spacial score (nSPS) is 21.9. The molecule has 3 heterocycles. The van der Waals surface area contributed by atoms with Crippen LogP contribution in [0.2, 0.25) is 0 Å². The van der Waals surface area contributed by atoms with Crippen LogP contribution in [0.15, 0.2) is 27.6 Å². The summed E-state index contributed by atoms with van der Waals surface area (Å²) in [6.45, 7) is 7.35. The molecule has 2 atom stereocenters. The molecule has 2 aliphatic heterocycles.